The van der Waals surface area contributed by atoms with Crippen molar-refractivity contribution in [1.82, 2.24) is 9.55 Å². The number of anilines is 1. The van der Waals surface area contributed by atoms with Crippen LogP contribution in [0.4, 0.5) is 5.69 Å². The number of aromatic nitrogens is 2. The summed E-state index contributed by atoms with van der Waals surface area (Å²) in [6.45, 7) is 5.76. The third-order valence-corrected chi connectivity index (χ3v) is 6.09. The van der Waals surface area contributed by atoms with Gasteiger partial charge in [-0.05, 0) is 62.2 Å². The van der Waals surface area contributed by atoms with Gasteiger partial charge in [-0.15, -0.1) is 0 Å². The van der Waals surface area contributed by atoms with Crippen LogP contribution in [0.3, 0.4) is 0 Å². The fraction of sp³-hybridized carbons (Fsp3) is 0.160. The zero-order valence-corrected chi connectivity index (χ0v) is 18.4. The van der Waals surface area contributed by atoms with E-state index in [0.717, 1.165) is 22.5 Å². The van der Waals surface area contributed by atoms with Gasteiger partial charge in [0.2, 0.25) is 5.91 Å². The molecule has 0 bridgehead atoms. The van der Waals surface area contributed by atoms with Gasteiger partial charge in [-0.2, -0.15) is 0 Å². The molecule has 0 saturated carbocycles. The van der Waals surface area contributed by atoms with Crippen LogP contribution in [0.25, 0.3) is 16.6 Å². The zero-order valence-electron chi connectivity index (χ0n) is 17.6. The Balaban J connectivity index is 1.74. The Hall–Kier alpha value is -3.38. The third kappa shape index (κ3) is 4.39. The Labute approximate surface area is 185 Å². The molecule has 31 heavy (non-hydrogen) atoms. The second-order valence-corrected chi connectivity index (χ2v) is 8.77. The van der Waals surface area contributed by atoms with Crippen molar-refractivity contribution in [1.29, 1.82) is 0 Å². The first-order valence-electron chi connectivity index (χ1n) is 10.1. The normalized spacial score (nSPS) is 12.0. The monoisotopic (exact) mass is 429 g/mol. The molecule has 4 aromatic rings. The molecule has 0 fully saturated rings. The number of benzene rings is 3. The van der Waals surface area contributed by atoms with E-state index in [0.29, 0.717) is 16.1 Å². The van der Waals surface area contributed by atoms with Gasteiger partial charge in [-0.1, -0.05) is 54.2 Å². The number of thioether (sulfide) groups is 1. The van der Waals surface area contributed by atoms with E-state index in [1.54, 1.807) is 10.6 Å². The van der Waals surface area contributed by atoms with Crippen molar-refractivity contribution >= 4 is 34.3 Å². The van der Waals surface area contributed by atoms with Crippen molar-refractivity contribution in [2.45, 2.75) is 31.2 Å². The van der Waals surface area contributed by atoms with E-state index < -0.39 is 5.25 Å². The van der Waals surface area contributed by atoms with Crippen molar-refractivity contribution in [2.24, 2.45) is 0 Å². The number of hydrogen-bond donors (Lipinski definition) is 1. The lowest BCUT2D eigenvalue weighted by atomic mass is 10.2. The number of hydrogen-bond acceptors (Lipinski definition) is 4. The molecule has 0 aliphatic heterocycles. The van der Waals surface area contributed by atoms with Gasteiger partial charge in [0, 0.05) is 5.69 Å². The summed E-state index contributed by atoms with van der Waals surface area (Å²) in [7, 11) is 0. The molecule has 6 heteroatoms. The van der Waals surface area contributed by atoms with Crippen LogP contribution in [0.1, 0.15) is 18.1 Å². The maximum Gasteiger partial charge on any atom is 0.266 e. The molecule has 3 aromatic carbocycles. The smallest absolute Gasteiger partial charge is 0.266 e. The first-order valence-corrected chi connectivity index (χ1v) is 10.9. The van der Waals surface area contributed by atoms with E-state index in [1.807, 2.05) is 87.5 Å². The maximum atomic E-state index is 13.4. The molecule has 0 radical (unpaired) electrons. The fourth-order valence-electron chi connectivity index (χ4n) is 3.40. The Kier molecular flexibility index (Phi) is 5.91. The predicted molar refractivity (Wildman–Crippen MR) is 127 cm³/mol. The van der Waals surface area contributed by atoms with Gasteiger partial charge in [0.15, 0.2) is 5.16 Å². The van der Waals surface area contributed by atoms with Crippen LogP contribution < -0.4 is 10.9 Å². The summed E-state index contributed by atoms with van der Waals surface area (Å²) in [5.74, 6) is -0.144. The molecular formula is C25H23N3O2S. The molecule has 4 rings (SSSR count). The lowest BCUT2D eigenvalue weighted by molar-refractivity contribution is -0.115. The molecule has 0 spiro atoms. The van der Waals surface area contributed by atoms with Crippen LogP contribution in [0, 0.1) is 13.8 Å². The van der Waals surface area contributed by atoms with E-state index in [1.165, 1.54) is 11.8 Å². The summed E-state index contributed by atoms with van der Waals surface area (Å²) in [4.78, 5) is 31.0. The van der Waals surface area contributed by atoms with Gasteiger partial charge < -0.3 is 5.32 Å². The van der Waals surface area contributed by atoms with E-state index in [-0.39, 0.29) is 11.5 Å². The number of rotatable bonds is 5. The predicted octanol–water partition coefficient (Wildman–Crippen LogP) is 5.12. The van der Waals surface area contributed by atoms with Gasteiger partial charge in [0.1, 0.15) is 0 Å². The number of nitrogens with zero attached hydrogens (tertiary/aromatic N) is 2. The van der Waals surface area contributed by atoms with Crippen LogP contribution in [-0.4, -0.2) is 20.7 Å². The topological polar surface area (TPSA) is 64.0 Å². The molecule has 1 amide bonds. The van der Waals surface area contributed by atoms with Gasteiger partial charge >= 0.3 is 0 Å². The maximum absolute atomic E-state index is 13.4. The first kappa shape index (κ1) is 20.9. The number of carbonyl (C=O) groups excluding carboxylic acids is 1. The molecular weight excluding hydrogens is 406 g/mol. The highest BCUT2D eigenvalue weighted by Gasteiger charge is 2.21. The van der Waals surface area contributed by atoms with Crippen LogP contribution in [0.5, 0.6) is 0 Å². The standard InChI is InChI=1S/C25H23N3O2S/c1-16-9-8-11-19(15-16)26-23(29)18(3)31-25-27-21-13-6-5-12-20(21)24(30)28(25)22-14-7-4-10-17(22)2/h4-15,18H,1-3H3,(H,26,29). The molecule has 1 heterocycles. The number of aryl methyl sites for hydroxylation is 2. The Morgan fingerprint density at radius 1 is 1.00 bits per heavy atom. The second-order valence-electron chi connectivity index (χ2n) is 7.46. The molecule has 1 unspecified atom stereocenters. The van der Waals surface area contributed by atoms with E-state index in [9.17, 15) is 9.59 Å². The van der Waals surface area contributed by atoms with E-state index in [4.69, 9.17) is 4.98 Å². The number of para-hydroxylation sites is 2. The molecule has 1 atom stereocenters. The summed E-state index contributed by atoms with van der Waals surface area (Å²) in [5.41, 5.74) is 4.02. The van der Waals surface area contributed by atoms with Gasteiger partial charge in [0.05, 0.1) is 21.8 Å². The summed E-state index contributed by atoms with van der Waals surface area (Å²) >= 11 is 1.27. The summed E-state index contributed by atoms with van der Waals surface area (Å²) < 4.78 is 1.61. The quantitative estimate of drug-likeness (QED) is 0.353. The minimum absolute atomic E-state index is 0.144. The van der Waals surface area contributed by atoms with Crippen LogP contribution >= 0.6 is 11.8 Å². The molecule has 0 aliphatic rings. The average molecular weight is 430 g/mol. The van der Waals surface area contributed by atoms with Gasteiger partial charge in [0.25, 0.3) is 5.56 Å². The zero-order chi connectivity index (χ0) is 22.0. The lowest BCUT2D eigenvalue weighted by Crippen LogP contribution is -2.26. The van der Waals surface area contributed by atoms with Crippen molar-refractivity contribution in [3.63, 3.8) is 0 Å². The largest absolute Gasteiger partial charge is 0.325 e. The average Bonchev–Trinajstić information content (AvgIpc) is 2.75. The third-order valence-electron chi connectivity index (χ3n) is 5.04. The second kappa shape index (κ2) is 8.78. The molecule has 156 valence electrons. The van der Waals surface area contributed by atoms with Gasteiger partial charge in [-0.3, -0.25) is 14.2 Å². The highest BCUT2D eigenvalue weighted by atomic mass is 32.2. The van der Waals surface area contributed by atoms with E-state index >= 15 is 0 Å². The molecule has 0 aliphatic carbocycles. The van der Waals surface area contributed by atoms with Crippen LogP contribution in [0.15, 0.2) is 82.7 Å². The molecule has 1 N–H and O–H groups in total. The lowest BCUT2D eigenvalue weighted by Gasteiger charge is -2.17. The van der Waals surface area contributed by atoms with Gasteiger partial charge in [-0.25, -0.2) is 4.98 Å². The number of amides is 1. The van der Waals surface area contributed by atoms with Crippen molar-refractivity contribution < 1.29 is 4.79 Å². The summed E-state index contributed by atoms with van der Waals surface area (Å²) in [6, 6.07) is 22.6. The number of nitrogens with one attached hydrogen (secondary N) is 1. The Morgan fingerprint density at radius 2 is 1.74 bits per heavy atom. The van der Waals surface area contributed by atoms with Crippen molar-refractivity contribution in [2.75, 3.05) is 5.32 Å². The number of fused-ring (bicyclic) bond motifs is 1. The molecule has 1 aromatic heterocycles. The first-order chi connectivity index (χ1) is 14.9. The highest BCUT2D eigenvalue weighted by Crippen LogP contribution is 2.27. The highest BCUT2D eigenvalue weighted by molar-refractivity contribution is 8.00. The van der Waals surface area contributed by atoms with Crippen molar-refractivity contribution in [3.8, 4) is 5.69 Å². The van der Waals surface area contributed by atoms with Crippen LogP contribution in [0.2, 0.25) is 0 Å². The molecule has 0 saturated heterocycles. The number of carbonyl (C=O) groups is 1. The molecule has 5 nitrogen and oxygen atoms in total. The minimum atomic E-state index is -0.455. The Morgan fingerprint density at radius 3 is 2.52 bits per heavy atom. The fourth-order valence-corrected chi connectivity index (χ4v) is 4.32. The SMILES string of the molecule is Cc1cccc(NC(=O)C(C)Sc2nc3ccccc3c(=O)n2-c2ccccc2C)c1. The van der Waals surface area contributed by atoms with E-state index in [2.05, 4.69) is 5.32 Å². The Bertz CT molecular complexity index is 1330. The van der Waals surface area contributed by atoms with Crippen molar-refractivity contribution in [3.05, 3.63) is 94.3 Å². The summed E-state index contributed by atoms with van der Waals surface area (Å²) in [5, 5.41) is 3.53. The van der Waals surface area contributed by atoms with Crippen LogP contribution in [-0.2, 0) is 4.79 Å². The minimum Gasteiger partial charge on any atom is -0.325 e. The summed E-state index contributed by atoms with van der Waals surface area (Å²) in [6.07, 6.45) is 0.